The third kappa shape index (κ3) is 1.55. The van der Waals surface area contributed by atoms with Crippen LogP contribution in [0.3, 0.4) is 0 Å². The highest BCUT2D eigenvalue weighted by molar-refractivity contribution is 7.79. The predicted octanol–water partition coefficient (Wildman–Crippen LogP) is -1.52. The number of hydrogen-bond acceptors (Lipinski definition) is 5. The molecule has 0 saturated carbocycles. The van der Waals surface area contributed by atoms with Crippen LogP contribution in [0.5, 0.6) is 0 Å². The zero-order chi connectivity index (χ0) is 10.9. The fourth-order valence-corrected chi connectivity index (χ4v) is 1.48. The molecule has 6 nitrogen and oxygen atoms in total. The molecule has 1 aromatic rings. The van der Waals surface area contributed by atoms with E-state index < -0.39 is 17.1 Å². The number of hydrogen-bond donors (Lipinski definition) is 2. The predicted molar refractivity (Wildman–Crippen MR) is 58.2 cm³/mol. The molecule has 0 saturated heterocycles. The van der Waals surface area contributed by atoms with Crippen molar-refractivity contribution in [3.05, 3.63) is 31.5 Å². The lowest BCUT2D eigenvalue weighted by atomic mass is 10.8. The molecule has 1 rings (SSSR count). The fraction of sp³-hybridized carbons (Fsp3) is 0.500. The van der Waals surface area contributed by atoms with Crippen LogP contribution >= 0.6 is 25.3 Å². The lowest BCUT2D eigenvalue weighted by molar-refractivity contribution is 0.544. The minimum Gasteiger partial charge on any atom is -0.248 e. The summed E-state index contributed by atoms with van der Waals surface area (Å²) in [7, 11) is 1.30. The summed E-state index contributed by atoms with van der Waals surface area (Å²) in [5.41, 5.74) is -2.04. The average Bonchev–Trinajstić information content (AvgIpc) is 2.16. The van der Waals surface area contributed by atoms with E-state index in [1.165, 1.54) is 7.05 Å². The molecule has 0 bridgehead atoms. The van der Waals surface area contributed by atoms with Crippen LogP contribution < -0.4 is 17.1 Å². The van der Waals surface area contributed by atoms with Crippen molar-refractivity contribution in [1.29, 1.82) is 0 Å². The molecule has 0 aliphatic rings. The van der Waals surface area contributed by atoms with E-state index in [4.69, 9.17) is 0 Å². The third-order valence-electron chi connectivity index (χ3n) is 1.78. The number of rotatable bonds is 2. The maximum atomic E-state index is 11.4. The van der Waals surface area contributed by atoms with Crippen LogP contribution in [0.4, 0.5) is 0 Å². The highest BCUT2D eigenvalue weighted by Crippen LogP contribution is 1.79. The summed E-state index contributed by atoms with van der Waals surface area (Å²) in [6.45, 7) is 0. The highest BCUT2D eigenvalue weighted by atomic mass is 32.1. The molecule has 0 fully saturated rings. The first-order valence-electron chi connectivity index (χ1n) is 3.67. The van der Waals surface area contributed by atoms with Crippen molar-refractivity contribution in [3.63, 3.8) is 0 Å². The SMILES string of the molecule is Cn1c(=O)n(CS)c(=O)n(CS)c1=O. The van der Waals surface area contributed by atoms with Gasteiger partial charge in [-0.2, -0.15) is 25.3 Å². The molecule has 0 aromatic carbocycles. The third-order valence-corrected chi connectivity index (χ3v) is 2.35. The molecule has 14 heavy (non-hydrogen) atoms. The molecule has 0 aliphatic carbocycles. The summed E-state index contributed by atoms with van der Waals surface area (Å²) in [5, 5.41) is 0. The zero-order valence-corrected chi connectivity index (χ0v) is 9.16. The van der Waals surface area contributed by atoms with Crippen LogP contribution in [-0.4, -0.2) is 13.7 Å². The Morgan fingerprint density at radius 2 is 1.29 bits per heavy atom. The average molecular weight is 235 g/mol. The van der Waals surface area contributed by atoms with Gasteiger partial charge in [0.1, 0.15) is 0 Å². The van der Waals surface area contributed by atoms with Crippen molar-refractivity contribution in [2.75, 3.05) is 0 Å². The minimum absolute atomic E-state index is 0.0699. The molecule has 8 heteroatoms. The molecule has 0 aliphatic heterocycles. The molecule has 78 valence electrons. The van der Waals surface area contributed by atoms with Gasteiger partial charge in [-0.3, -0.25) is 0 Å². The summed E-state index contributed by atoms with van der Waals surface area (Å²) in [6.07, 6.45) is 0. The first-order valence-corrected chi connectivity index (χ1v) is 4.93. The molecule has 0 N–H and O–H groups in total. The topological polar surface area (TPSA) is 66.0 Å². The van der Waals surface area contributed by atoms with Crippen LogP contribution in [0, 0.1) is 0 Å². The van der Waals surface area contributed by atoms with Crippen molar-refractivity contribution in [2.24, 2.45) is 7.05 Å². The zero-order valence-electron chi connectivity index (χ0n) is 7.38. The van der Waals surface area contributed by atoms with Crippen molar-refractivity contribution in [2.45, 2.75) is 11.8 Å². The lowest BCUT2D eigenvalue weighted by Crippen LogP contribution is -2.52. The van der Waals surface area contributed by atoms with E-state index >= 15 is 0 Å². The van der Waals surface area contributed by atoms with Crippen LogP contribution in [-0.2, 0) is 18.8 Å². The summed E-state index contributed by atoms with van der Waals surface area (Å²) in [6, 6.07) is 0. The van der Waals surface area contributed by atoms with Gasteiger partial charge < -0.3 is 0 Å². The summed E-state index contributed by atoms with van der Waals surface area (Å²) >= 11 is 7.65. The first kappa shape index (κ1) is 11.2. The minimum atomic E-state index is -0.692. The molecular formula is C6H9N3O3S2. The Morgan fingerprint density at radius 3 is 1.57 bits per heavy atom. The van der Waals surface area contributed by atoms with Crippen LogP contribution in [0.2, 0.25) is 0 Å². The molecule has 1 heterocycles. The van der Waals surface area contributed by atoms with E-state index in [0.717, 1.165) is 13.7 Å². The van der Waals surface area contributed by atoms with Gasteiger partial charge in [-0.25, -0.2) is 28.1 Å². The standard InChI is InChI=1S/C6H9N3O3S2/c1-7-4(10)8(2-13)6(12)9(3-14)5(7)11/h13-14H,2-3H2,1H3. The number of thiol groups is 2. The van der Waals surface area contributed by atoms with Gasteiger partial charge in [-0.1, -0.05) is 0 Å². The van der Waals surface area contributed by atoms with E-state index in [2.05, 4.69) is 25.3 Å². The molecule has 0 amide bonds. The van der Waals surface area contributed by atoms with Crippen molar-refractivity contribution in [1.82, 2.24) is 13.7 Å². The van der Waals surface area contributed by atoms with E-state index in [-0.39, 0.29) is 11.8 Å². The Labute approximate surface area is 89.6 Å². The Morgan fingerprint density at radius 1 is 0.929 bits per heavy atom. The van der Waals surface area contributed by atoms with E-state index in [0.29, 0.717) is 0 Å². The van der Waals surface area contributed by atoms with Gasteiger partial charge in [-0.05, 0) is 0 Å². The molecule has 0 radical (unpaired) electrons. The lowest BCUT2D eigenvalue weighted by Gasteiger charge is -2.07. The van der Waals surface area contributed by atoms with Crippen molar-refractivity contribution >= 4 is 25.3 Å². The van der Waals surface area contributed by atoms with E-state index in [1.54, 1.807) is 0 Å². The van der Waals surface area contributed by atoms with Crippen LogP contribution in [0.25, 0.3) is 0 Å². The molecular weight excluding hydrogens is 226 g/mol. The Balaban J connectivity index is 3.84. The fourth-order valence-electron chi connectivity index (χ4n) is 0.995. The van der Waals surface area contributed by atoms with Crippen molar-refractivity contribution in [3.8, 4) is 0 Å². The monoisotopic (exact) mass is 235 g/mol. The molecule has 0 unspecified atom stereocenters. The maximum absolute atomic E-state index is 11.4. The quantitative estimate of drug-likeness (QED) is 0.612. The Bertz CT molecular complexity index is 470. The van der Waals surface area contributed by atoms with Gasteiger partial charge in [0, 0.05) is 7.05 Å². The number of aromatic nitrogens is 3. The second-order valence-corrected chi connectivity index (χ2v) is 3.11. The normalized spacial score (nSPS) is 10.5. The molecule has 0 atom stereocenters. The first-order chi connectivity index (χ1) is 6.54. The summed E-state index contributed by atoms with van der Waals surface area (Å²) < 4.78 is 2.54. The van der Waals surface area contributed by atoms with Crippen molar-refractivity contribution < 1.29 is 0 Å². The van der Waals surface area contributed by atoms with Gasteiger partial charge in [0.05, 0.1) is 11.8 Å². The maximum Gasteiger partial charge on any atom is 0.337 e. The second kappa shape index (κ2) is 4.09. The van der Waals surface area contributed by atoms with E-state index in [1.807, 2.05) is 0 Å². The molecule has 1 aromatic heterocycles. The summed E-state index contributed by atoms with van der Waals surface area (Å²) in [5.74, 6) is -0.140. The van der Waals surface area contributed by atoms with Gasteiger partial charge >= 0.3 is 17.1 Å². The van der Waals surface area contributed by atoms with Crippen LogP contribution in [0.1, 0.15) is 0 Å². The largest absolute Gasteiger partial charge is 0.337 e. The smallest absolute Gasteiger partial charge is 0.248 e. The number of nitrogens with zero attached hydrogens (tertiary/aromatic N) is 3. The highest BCUT2D eigenvalue weighted by Gasteiger charge is 2.10. The van der Waals surface area contributed by atoms with Gasteiger partial charge in [0.15, 0.2) is 0 Å². The second-order valence-electron chi connectivity index (χ2n) is 2.55. The Kier molecular flexibility index (Phi) is 3.27. The molecule has 0 spiro atoms. The van der Waals surface area contributed by atoms with Crippen LogP contribution in [0.15, 0.2) is 14.4 Å². The van der Waals surface area contributed by atoms with Gasteiger partial charge in [0.2, 0.25) is 0 Å². The Hall–Kier alpha value is -0.890. The van der Waals surface area contributed by atoms with E-state index in [9.17, 15) is 14.4 Å². The van der Waals surface area contributed by atoms with Gasteiger partial charge in [0.25, 0.3) is 0 Å². The van der Waals surface area contributed by atoms with Gasteiger partial charge in [-0.15, -0.1) is 0 Å². The summed E-state index contributed by atoms with van der Waals surface area (Å²) in [4.78, 5) is 34.1.